The van der Waals surface area contributed by atoms with Crippen molar-refractivity contribution in [2.75, 3.05) is 0 Å². The topological polar surface area (TPSA) is 155 Å². The summed E-state index contributed by atoms with van der Waals surface area (Å²) in [6, 6.07) is 62.5. The Morgan fingerprint density at radius 3 is 0.945 bits per heavy atom. The summed E-state index contributed by atoms with van der Waals surface area (Å²) in [6.07, 6.45) is 36.4. The van der Waals surface area contributed by atoms with Crippen molar-refractivity contribution >= 4 is 0 Å². The Balaban J connectivity index is 0.000000137. The molecule has 0 aliphatic carbocycles. The number of rotatable bonds is 7. The molecule has 12 heterocycles. The molecule has 12 aromatic heterocycles. The van der Waals surface area contributed by atoms with Gasteiger partial charge in [-0.25, -0.2) is 0 Å². The van der Waals surface area contributed by atoms with E-state index in [2.05, 4.69) is 136 Å². The summed E-state index contributed by atoms with van der Waals surface area (Å²) in [7, 11) is 0. The number of nitrogens with zero attached hydrogens (tertiary/aromatic N) is 12. The third-order valence-corrected chi connectivity index (χ3v) is 14.1. The van der Waals surface area contributed by atoms with Crippen LogP contribution in [0.4, 0.5) is 0 Å². The second-order valence-corrected chi connectivity index (χ2v) is 20.6. The van der Waals surface area contributed by atoms with E-state index in [4.69, 9.17) is 0 Å². The molecule has 448 valence electrons. The van der Waals surface area contributed by atoms with Gasteiger partial charge in [-0.1, -0.05) is 84.9 Å². The smallest absolute Gasteiger partial charge is 0.0720 e. The molecule has 0 aliphatic rings. The van der Waals surface area contributed by atoms with Crippen molar-refractivity contribution in [2.24, 2.45) is 0 Å². The van der Waals surface area contributed by atoms with Crippen LogP contribution in [0.15, 0.2) is 312 Å². The first-order valence-corrected chi connectivity index (χ1v) is 29.7. The van der Waals surface area contributed by atoms with Gasteiger partial charge in [-0.3, -0.25) is 59.8 Å². The zero-order valence-corrected chi connectivity index (χ0v) is 52.3. The van der Waals surface area contributed by atoms with Gasteiger partial charge >= 0.3 is 0 Å². The molecule has 14 aromatic rings. The lowest BCUT2D eigenvalue weighted by Crippen LogP contribution is -1.87. The average molecular weight is 1190 g/mol. The van der Waals surface area contributed by atoms with Gasteiger partial charge in [-0.15, -0.1) is 0 Å². The SMILES string of the molecule is Cc1ccncc1-c1ccncc1.Cc1cnccc1-c1ccccc1.Cc1cnccc1-c1ccccn1.Cc1cnccc1-c1cccnc1.Cc1cnccc1-c1ccncc1.Cc1ncccc1-c1ccccc1.Cc1ncccc1-c1ccccn1. The van der Waals surface area contributed by atoms with Crippen LogP contribution in [0, 0.1) is 48.5 Å². The molecule has 0 unspecified atom stereocenters. The molecule has 12 nitrogen and oxygen atoms in total. The Labute approximate surface area is 534 Å². The van der Waals surface area contributed by atoms with Gasteiger partial charge in [-0.2, -0.15) is 0 Å². The van der Waals surface area contributed by atoms with Crippen LogP contribution in [0.5, 0.6) is 0 Å². The minimum Gasteiger partial charge on any atom is -0.265 e. The fourth-order valence-electron chi connectivity index (χ4n) is 9.33. The van der Waals surface area contributed by atoms with Gasteiger partial charge in [0.25, 0.3) is 0 Å². The van der Waals surface area contributed by atoms with E-state index in [9.17, 15) is 0 Å². The van der Waals surface area contributed by atoms with Gasteiger partial charge < -0.3 is 0 Å². The summed E-state index contributed by atoms with van der Waals surface area (Å²) in [5.74, 6) is 0. The van der Waals surface area contributed by atoms with Crippen LogP contribution < -0.4 is 0 Å². The Kier molecular flexibility index (Phi) is 25.6. The van der Waals surface area contributed by atoms with Gasteiger partial charge in [0.05, 0.1) is 11.4 Å². The molecule has 0 fully saturated rings. The number of pyridine rings is 12. The lowest BCUT2D eigenvalue weighted by molar-refractivity contribution is 1.19. The van der Waals surface area contributed by atoms with Crippen LogP contribution in [0.1, 0.15) is 39.2 Å². The maximum absolute atomic E-state index is 4.28. The highest BCUT2D eigenvalue weighted by molar-refractivity contribution is 5.69. The van der Waals surface area contributed by atoms with Gasteiger partial charge in [0.1, 0.15) is 0 Å². The summed E-state index contributed by atoms with van der Waals surface area (Å²) in [5.41, 5.74) is 24.3. The van der Waals surface area contributed by atoms with E-state index in [0.29, 0.717) is 0 Å². The standard InChI is InChI=1S/2C12H11N.5C11H10N2/c1-10-12(8-5-9-13-10)11-6-3-2-4-7-11;1-10-9-13-8-7-12(10)11-5-3-2-4-6-11;1-9-8-13-7-4-11(9)10-2-5-12-6-3-10;1-9-2-5-13-8-11(9)10-3-6-12-7-4-10;1-9-10(5-4-8-12-9)11-6-2-3-7-13-11;1-9-7-13-6-4-11(9)10-3-2-5-12-8-10;1-9-8-12-7-5-10(9)11-4-2-3-6-13-11/h2*2-9H,1H3;5*2-8H,1H3. The van der Waals surface area contributed by atoms with E-state index in [1.165, 1.54) is 72.3 Å². The summed E-state index contributed by atoms with van der Waals surface area (Å²) in [4.78, 5) is 49.4. The van der Waals surface area contributed by atoms with Crippen LogP contribution in [0.2, 0.25) is 0 Å². The van der Waals surface area contributed by atoms with Crippen molar-refractivity contribution in [3.63, 3.8) is 0 Å². The van der Waals surface area contributed by atoms with Crippen LogP contribution in [0.25, 0.3) is 78.1 Å². The molecular weight excluding hydrogens is 1120 g/mol. The highest BCUT2D eigenvalue weighted by Crippen LogP contribution is 2.26. The summed E-state index contributed by atoms with van der Waals surface area (Å²) in [6.45, 7) is 14.3. The zero-order chi connectivity index (χ0) is 63.7. The summed E-state index contributed by atoms with van der Waals surface area (Å²) in [5, 5.41) is 0. The minimum atomic E-state index is 0.980. The van der Waals surface area contributed by atoms with Crippen molar-refractivity contribution in [1.82, 2.24) is 59.8 Å². The lowest BCUT2D eigenvalue weighted by Gasteiger charge is -2.03. The third kappa shape index (κ3) is 20.4. The Morgan fingerprint density at radius 2 is 0.516 bits per heavy atom. The van der Waals surface area contributed by atoms with Gasteiger partial charge in [0, 0.05) is 163 Å². The Bertz CT molecular complexity index is 3560. The largest absolute Gasteiger partial charge is 0.265 e. The van der Waals surface area contributed by atoms with Crippen molar-refractivity contribution in [2.45, 2.75) is 48.5 Å². The Hall–Kier alpha value is -11.8. The van der Waals surface area contributed by atoms with Crippen molar-refractivity contribution in [3.05, 3.63) is 351 Å². The van der Waals surface area contributed by atoms with E-state index in [-0.39, 0.29) is 0 Å². The molecule has 0 radical (unpaired) electrons. The Morgan fingerprint density at radius 1 is 0.176 bits per heavy atom. The third-order valence-electron chi connectivity index (χ3n) is 14.1. The first-order valence-electron chi connectivity index (χ1n) is 29.7. The molecule has 0 bridgehead atoms. The lowest BCUT2D eigenvalue weighted by atomic mass is 10.0. The van der Waals surface area contributed by atoms with Crippen LogP contribution in [-0.2, 0) is 0 Å². The molecule has 0 N–H and O–H groups in total. The molecule has 0 amide bonds. The molecule has 91 heavy (non-hydrogen) atoms. The van der Waals surface area contributed by atoms with Crippen LogP contribution in [-0.4, -0.2) is 59.8 Å². The number of hydrogen-bond acceptors (Lipinski definition) is 12. The molecule has 2 aromatic carbocycles. The molecule has 0 saturated carbocycles. The van der Waals surface area contributed by atoms with Gasteiger partial charge in [0.15, 0.2) is 0 Å². The molecule has 0 spiro atoms. The normalized spacial score (nSPS) is 9.92. The predicted molar refractivity (Wildman–Crippen MR) is 370 cm³/mol. The van der Waals surface area contributed by atoms with E-state index in [1.807, 2.05) is 216 Å². The number of aryl methyl sites for hydroxylation is 7. The first-order chi connectivity index (χ1) is 44.6. The maximum Gasteiger partial charge on any atom is 0.0720 e. The monoisotopic (exact) mass is 1190 g/mol. The zero-order valence-electron chi connectivity index (χ0n) is 52.3. The molecule has 0 atom stereocenters. The maximum atomic E-state index is 4.28. The van der Waals surface area contributed by atoms with Crippen LogP contribution >= 0.6 is 0 Å². The van der Waals surface area contributed by atoms with Gasteiger partial charge in [-0.05, 0) is 218 Å². The molecule has 12 heteroatoms. The van der Waals surface area contributed by atoms with Crippen LogP contribution in [0.3, 0.4) is 0 Å². The highest BCUT2D eigenvalue weighted by Gasteiger charge is 2.05. The van der Waals surface area contributed by atoms with Gasteiger partial charge in [0.2, 0.25) is 0 Å². The molecule has 0 aliphatic heterocycles. The van der Waals surface area contributed by atoms with Crippen molar-refractivity contribution < 1.29 is 0 Å². The molecule has 0 saturated heterocycles. The van der Waals surface area contributed by atoms with E-state index in [1.54, 1.807) is 68.2 Å². The quantitative estimate of drug-likeness (QED) is 0.149. The fourth-order valence-corrected chi connectivity index (χ4v) is 9.33. The van der Waals surface area contributed by atoms with E-state index >= 15 is 0 Å². The van der Waals surface area contributed by atoms with Crippen molar-refractivity contribution in [1.29, 1.82) is 0 Å². The predicted octanol–water partition coefficient (Wildman–Crippen LogP) is 18.4. The average Bonchev–Trinajstić information content (AvgIpc) is 3.44. The summed E-state index contributed by atoms with van der Waals surface area (Å²) >= 11 is 0. The first kappa shape index (κ1) is 65.2. The fraction of sp³-hybridized carbons (Fsp3) is 0.0886. The number of hydrogen-bond donors (Lipinski definition) is 0. The van der Waals surface area contributed by atoms with E-state index in [0.717, 1.165) is 45.0 Å². The highest BCUT2D eigenvalue weighted by atomic mass is 14.7. The molecular formula is C79H72N12. The second kappa shape index (κ2) is 35.8. The van der Waals surface area contributed by atoms with Crippen molar-refractivity contribution in [3.8, 4) is 78.1 Å². The minimum absolute atomic E-state index is 0.980. The number of benzene rings is 2. The molecule has 14 rings (SSSR count). The number of aromatic nitrogens is 12. The summed E-state index contributed by atoms with van der Waals surface area (Å²) < 4.78 is 0. The van der Waals surface area contributed by atoms with E-state index < -0.39 is 0 Å². The second-order valence-electron chi connectivity index (χ2n) is 20.6.